The van der Waals surface area contributed by atoms with Crippen LogP contribution in [0.1, 0.15) is 5.56 Å². The zero-order valence-corrected chi connectivity index (χ0v) is 10.6. The molecule has 96 valence electrons. The number of nitrogens with zero attached hydrogens (tertiary/aromatic N) is 1. The van der Waals surface area contributed by atoms with Crippen molar-refractivity contribution in [2.24, 2.45) is 0 Å². The molecule has 1 aromatic carbocycles. The summed E-state index contributed by atoms with van der Waals surface area (Å²) in [6, 6.07) is 7.65. The van der Waals surface area contributed by atoms with Crippen LogP contribution in [0, 0.1) is 0 Å². The fraction of sp³-hybridized carbons (Fsp3) is 0.357. The van der Waals surface area contributed by atoms with Crippen molar-refractivity contribution in [2.45, 2.75) is 0 Å². The SMILES string of the molecule is COc1cccc(C=CC(=O)N2CCNCC2)c1. The Morgan fingerprint density at radius 3 is 2.89 bits per heavy atom. The Morgan fingerprint density at radius 1 is 1.39 bits per heavy atom. The van der Waals surface area contributed by atoms with E-state index in [9.17, 15) is 4.79 Å². The number of piperazine rings is 1. The van der Waals surface area contributed by atoms with E-state index in [2.05, 4.69) is 5.32 Å². The quantitative estimate of drug-likeness (QED) is 0.813. The molecule has 0 atom stereocenters. The topological polar surface area (TPSA) is 41.6 Å². The first-order valence-corrected chi connectivity index (χ1v) is 6.11. The van der Waals surface area contributed by atoms with Gasteiger partial charge in [-0.05, 0) is 23.8 Å². The minimum absolute atomic E-state index is 0.0688. The van der Waals surface area contributed by atoms with Crippen LogP contribution in [0.3, 0.4) is 0 Å². The Kier molecular flexibility index (Phi) is 4.36. The molecule has 1 fully saturated rings. The van der Waals surface area contributed by atoms with Crippen LogP contribution in [0.5, 0.6) is 5.75 Å². The van der Waals surface area contributed by atoms with Gasteiger partial charge in [-0.25, -0.2) is 0 Å². The average molecular weight is 246 g/mol. The first-order valence-electron chi connectivity index (χ1n) is 6.11. The highest BCUT2D eigenvalue weighted by atomic mass is 16.5. The van der Waals surface area contributed by atoms with Gasteiger partial charge in [-0.3, -0.25) is 4.79 Å². The van der Waals surface area contributed by atoms with E-state index in [4.69, 9.17) is 4.74 Å². The molecule has 1 aliphatic rings. The predicted molar refractivity (Wildman–Crippen MR) is 71.5 cm³/mol. The Bertz CT molecular complexity index is 437. The van der Waals surface area contributed by atoms with Gasteiger partial charge in [0.2, 0.25) is 5.91 Å². The van der Waals surface area contributed by atoms with Crippen molar-refractivity contribution in [3.63, 3.8) is 0 Å². The number of hydrogen-bond donors (Lipinski definition) is 1. The molecule has 0 radical (unpaired) electrons. The number of methoxy groups -OCH3 is 1. The van der Waals surface area contributed by atoms with Crippen molar-refractivity contribution < 1.29 is 9.53 Å². The molecule has 0 saturated carbocycles. The summed E-state index contributed by atoms with van der Waals surface area (Å²) in [5.41, 5.74) is 0.970. The molecule has 0 spiro atoms. The first-order chi connectivity index (χ1) is 8.79. The lowest BCUT2D eigenvalue weighted by Crippen LogP contribution is -2.45. The molecule has 0 aliphatic carbocycles. The molecule has 4 heteroatoms. The largest absolute Gasteiger partial charge is 0.497 e. The molecular formula is C14H18N2O2. The predicted octanol–water partition coefficient (Wildman–Crippen LogP) is 1.14. The summed E-state index contributed by atoms with van der Waals surface area (Å²) in [6.07, 6.45) is 3.45. The Labute approximate surface area is 107 Å². The normalized spacial score (nSPS) is 15.9. The summed E-state index contributed by atoms with van der Waals surface area (Å²) in [5.74, 6) is 0.867. The highest BCUT2D eigenvalue weighted by Crippen LogP contribution is 2.13. The van der Waals surface area contributed by atoms with Crippen molar-refractivity contribution in [2.75, 3.05) is 33.3 Å². The van der Waals surface area contributed by atoms with Gasteiger partial charge in [0, 0.05) is 32.3 Å². The summed E-state index contributed by atoms with van der Waals surface area (Å²) in [5, 5.41) is 3.22. The minimum Gasteiger partial charge on any atom is -0.497 e. The van der Waals surface area contributed by atoms with Crippen LogP contribution in [0.4, 0.5) is 0 Å². The number of hydrogen-bond acceptors (Lipinski definition) is 3. The molecule has 1 aromatic rings. The Hall–Kier alpha value is -1.81. The number of carbonyl (C=O) groups is 1. The molecule has 2 rings (SSSR count). The summed E-state index contributed by atoms with van der Waals surface area (Å²) in [4.78, 5) is 13.8. The second-order valence-corrected chi connectivity index (χ2v) is 4.19. The number of nitrogens with one attached hydrogen (secondary N) is 1. The number of amides is 1. The highest BCUT2D eigenvalue weighted by Gasteiger charge is 2.12. The van der Waals surface area contributed by atoms with Crippen molar-refractivity contribution in [3.8, 4) is 5.75 Å². The van der Waals surface area contributed by atoms with E-state index in [-0.39, 0.29) is 5.91 Å². The van der Waals surface area contributed by atoms with E-state index < -0.39 is 0 Å². The number of ether oxygens (including phenoxy) is 1. The van der Waals surface area contributed by atoms with E-state index in [0.29, 0.717) is 0 Å². The zero-order chi connectivity index (χ0) is 12.8. The molecule has 1 amide bonds. The van der Waals surface area contributed by atoms with Crippen LogP contribution in [0.15, 0.2) is 30.3 Å². The van der Waals surface area contributed by atoms with E-state index in [1.54, 1.807) is 13.2 Å². The molecule has 18 heavy (non-hydrogen) atoms. The van der Waals surface area contributed by atoms with Gasteiger partial charge in [-0.1, -0.05) is 12.1 Å². The molecule has 0 aromatic heterocycles. The monoisotopic (exact) mass is 246 g/mol. The fourth-order valence-electron chi connectivity index (χ4n) is 1.90. The third kappa shape index (κ3) is 3.34. The van der Waals surface area contributed by atoms with Crippen molar-refractivity contribution in [1.82, 2.24) is 10.2 Å². The summed E-state index contributed by atoms with van der Waals surface area (Å²) in [7, 11) is 1.63. The van der Waals surface area contributed by atoms with E-state index in [1.807, 2.05) is 35.2 Å². The molecule has 1 saturated heterocycles. The fourth-order valence-corrected chi connectivity index (χ4v) is 1.90. The van der Waals surface area contributed by atoms with Gasteiger partial charge in [0.25, 0.3) is 0 Å². The maximum atomic E-state index is 11.9. The van der Waals surface area contributed by atoms with Crippen LogP contribution in [-0.4, -0.2) is 44.1 Å². The van der Waals surface area contributed by atoms with Crippen molar-refractivity contribution in [1.29, 1.82) is 0 Å². The second-order valence-electron chi connectivity index (χ2n) is 4.19. The molecule has 1 heterocycles. The van der Waals surface area contributed by atoms with Crippen molar-refractivity contribution in [3.05, 3.63) is 35.9 Å². The number of rotatable bonds is 3. The van der Waals surface area contributed by atoms with Gasteiger partial charge in [-0.2, -0.15) is 0 Å². The molecule has 1 N–H and O–H groups in total. The van der Waals surface area contributed by atoms with E-state index in [0.717, 1.165) is 37.5 Å². The Morgan fingerprint density at radius 2 is 2.17 bits per heavy atom. The lowest BCUT2D eigenvalue weighted by Gasteiger charge is -2.26. The smallest absolute Gasteiger partial charge is 0.246 e. The third-order valence-electron chi connectivity index (χ3n) is 2.94. The van der Waals surface area contributed by atoms with Gasteiger partial charge in [0.15, 0.2) is 0 Å². The maximum Gasteiger partial charge on any atom is 0.246 e. The summed E-state index contributed by atoms with van der Waals surface area (Å²) >= 11 is 0. The Balaban J connectivity index is 1.98. The lowest BCUT2D eigenvalue weighted by molar-refractivity contribution is -0.126. The van der Waals surface area contributed by atoms with Gasteiger partial charge in [0.05, 0.1) is 7.11 Å². The molecule has 1 aliphatic heterocycles. The minimum atomic E-state index is 0.0688. The van der Waals surface area contributed by atoms with Crippen LogP contribution in [0.25, 0.3) is 6.08 Å². The summed E-state index contributed by atoms with van der Waals surface area (Å²) < 4.78 is 5.14. The molecule has 4 nitrogen and oxygen atoms in total. The summed E-state index contributed by atoms with van der Waals surface area (Å²) in [6.45, 7) is 3.31. The number of carbonyl (C=O) groups excluding carboxylic acids is 1. The van der Waals surface area contributed by atoms with Gasteiger partial charge in [-0.15, -0.1) is 0 Å². The average Bonchev–Trinajstić information content (AvgIpc) is 2.46. The molecule has 0 bridgehead atoms. The van der Waals surface area contributed by atoms with Crippen LogP contribution >= 0.6 is 0 Å². The maximum absolute atomic E-state index is 11.9. The van der Waals surface area contributed by atoms with Gasteiger partial charge in [0.1, 0.15) is 5.75 Å². The van der Waals surface area contributed by atoms with Gasteiger partial charge < -0.3 is 15.0 Å². The highest BCUT2D eigenvalue weighted by molar-refractivity contribution is 5.91. The second kappa shape index (κ2) is 6.21. The number of benzene rings is 1. The van der Waals surface area contributed by atoms with Crippen LogP contribution in [-0.2, 0) is 4.79 Å². The molecular weight excluding hydrogens is 228 g/mol. The standard InChI is InChI=1S/C14H18N2O2/c1-18-13-4-2-3-12(11-13)5-6-14(17)16-9-7-15-8-10-16/h2-6,11,15H,7-10H2,1H3. The third-order valence-corrected chi connectivity index (χ3v) is 2.94. The first kappa shape index (κ1) is 12.6. The lowest BCUT2D eigenvalue weighted by atomic mass is 10.2. The van der Waals surface area contributed by atoms with Crippen LogP contribution < -0.4 is 10.1 Å². The van der Waals surface area contributed by atoms with Crippen molar-refractivity contribution >= 4 is 12.0 Å². The van der Waals surface area contributed by atoms with Gasteiger partial charge >= 0.3 is 0 Å². The van der Waals surface area contributed by atoms with E-state index >= 15 is 0 Å². The van der Waals surface area contributed by atoms with Crippen LogP contribution in [0.2, 0.25) is 0 Å². The zero-order valence-electron chi connectivity index (χ0n) is 10.6. The molecule has 0 unspecified atom stereocenters. The van der Waals surface area contributed by atoms with E-state index in [1.165, 1.54) is 0 Å².